The summed E-state index contributed by atoms with van der Waals surface area (Å²) in [6.45, 7) is 1.91. The molecule has 0 heterocycles. The van der Waals surface area contributed by atoms with Gasteiger partial charge in [0.15, 0.2) is 11.6 Å². The van der Waals surface area contributed by atoms with Crippen molar-refractivity contribution in [1.29, 1.82) is 0 Å². The Morgan fingerprint density at radius 3 is 2.07 bits per heavy atom. The summed E-state index contributed by atoms with van der Waals surface area (Å²) in [7, 11) is 0. The summed E-state index contributed by atoms with van der Waals surface area (Å²) in [6.07, 6.45) is 0. The van der Waals surface area contributed by atoms with Crippen LogP contribution in [-0.2, 0) is 0 Å². The van der Waals surface area contributed by atoms with Gasteiger partial charge < -0.3 is 0 Å². The third kappa shape index (κ3) is 1.83. The van der Waals surface area contributed by atoms with E-state index in [1.807, 2.05) is 6.92 Å². The van der Waals surface area contributed by atoms with E-state index in [0.29, 0.717) is 11.1 Å². The molecule has 1 aromatic carbocycles. The first-order valence-electron chi connectivity index (χ1n) is 4.69. The van der Waals surface area contributed by atoms with Crippen molar-refractivity contribution in [1.82, 2.24) is 5.32 Å². The van der Waals surface area contributed by atoms with E-state index in [0.717, 1.165) is 0 Å². The van der Waals surface area contributed by atoms with Crippen LogP contribution in [0.3, 0.4) is 0 Å². The van der Waals surface area contributed by atoms with Crippen molar-refractivity contribution in [2.75, 3.05) is 0 Å². The number of benzene rings is 1. The smallest absolute Gasteiger partial charge is 0.188 e. The van der Waals surface area contributed by atoms with Gasteiger partial charge in [0, 0.05) is 11.1 Å². The first-order valence-corrected chi connectivity index (χ1v) is 5.93. The van der Waals surface area contributed by atoms with Gasteiger partial charge in [-0.15, -0.1) is 0 Å². The van der Waals surface area contributed by atoms with Crippen LogP contribution in [0.4, 0.5) is 0 Å². The number of Topliss-reactive ketones (excluding diaryl/α,β-unsaturated/α-hetero) is 2. The molecule has 15 heavy (non-hydrogen) atoms. The largest absolute Gasteiger partial charge is 0.292 e. The summed E-state index contributed by atoms with van der Waals surface area (Å²) in [5, 5.41) is 2.98. The predicted molar refractivity (Wildman–Crippen MR) is 65.5 cm³/mol. The molecule has 0 spiro atoms. The molecule has 0 saturated carbocycles. The SMILES string of the molecule is CC(I)NC1C(=O)c2ccccc2C1=O. The van der Waals surface area contributed by atoms with Crippen molar-refractivity contribution in [3.63, 3.8) is 0 Å². The lowest BCUT2D eigenvalue weighted by atomic mass is 10.1. The zero-order chi connectivity index (χ0) is 11.0. The first kappa shape index (κ1) is 10.8. The second-order valence-electron chi connectivity index (χ2n) is 3.49. The summed E-state index contributed by atoms with van der Waals surface area (Å²) in [4.78, 5) is 23.7. The van der Waals surface area contributed by atoms with Crippen LogP contribution < -0.4 is 5.32 Å². The Balaban J connectivity index is 2.37. The summed E-state index contributed by atoms with van der Waals surface area (Å²) in [5.74, 6) is -0.224. The number of fused-ring (bicyclic) bond motifs is 1. The molecule has 2 rings (SSSR count). The number of halogens is 1. The van der Waals surface area contributed by atoms with Crippen LogP contribution in [0, 0.1) is 0 Å². The molecule has 0 bridgehead atoms. The van der Waals surface area contributed by atoms with Gasteiger partial charge in [0.2, 0.25) is 0 Å². The molecule has 1 aliphatic rings. The fourth-order valence-electron chi connectivity index (χ4n) is 1.72. The van der Waals surface area contributed by atoms with Gasteiger partial charge in [-0.2, -0.15) is 0 Å². The van der Waals surface area contributed by atoms with Crippen molar-refractivity contribution in [2.24, 2.45) is 0 Å². The Morgan fingerprint density at radius 1 is 1.20 bits per heavy atom. The highest BCUT2D eigenvalue weighted by atomic mass is 127. The van der Waals surface area contributed by atoms with Gasteiger partial charge in [-0.1, -0.05) is 46.9 Å². The lowest BCUT2D eigenvalue weighted by Crippen LogP contribution is -2.41. The summed E-state index contributed by atoms with van der Waals surface area (Å²) >= 11 is 2.14. The maximum atomic E-state index is 11.9. The number of rotatable bonds is 2. The lowest BCUT2D eigenvalue weighted by molar-refractivity contribution is 0.0869. The van der Waals surface area contributed by atoms with Crippen molar-refractivity contribution in [2.45, 2.75) is 17.0 Å². The zero-order valence-corrected chi connectivity index (χ0v) is 10.3. The average Bonchev–Trinajstić information content (AvgIpc) is 2.44. The van der Waals surface area contributed by atoms with E-state index in [1.54, 1.807) is 24.3 Å². The minimum Gasteiger partial charge on any atom is -0.292 e. The quantitative estimate of drug-likeness (QED) is 0.392. The van der Waals surface area contributed by atoms with E-state index in [4.69, 9.17) is 0 Å². The maximum absolute atomic E-state index is 11.9. The molecule has 1 atom stereocenters. The molecule has 0 fully saturated rings. The molecule has 1 aromatic rings. The van der Waals surface area contributed by atoms with Crippen LogP contribution in [0.1, 0.15) is 27.6 Å². The van der Waals surface area contributed by atoms with Crippen LogP contribution in [0.15, 0.2) is 24.3 Å². The molecule has 1 unspecified atom stereocenters. The van der Waals surface area contributed by atoms with Crippen molar-refractivity contribution >= 4 is 34.2 Å². The molecule has 0 amide bonds. The van der Waals surface area contributed by atoms with Crippen molar-refractivity contribution in [3.8, 4) is 0 Å². The van der Waals surface area contributed by atoms with E-state index >= 15 is 0 Å². The van der Waals surface area contributed by atoms with Crippen LogP contribution in [0.5, 0.6) is 0 Å². The molecule has 78 valence electrons. The Hall–Kier alpha value is -0.750. The standard InChI is InChI=1S/C11H10INO2/c1-6(12)13-9-10(14)7-4-2-3-5-8(7)11(9)15/h2-6,9,13H,1H3. The first-order chi connectivity index (χ1) is 7.11. The topological polar surface area (TPSA) is 46.2 Å². The zero-order valence-electron chi connectivity index (χ0n) is 8.16. The number of carbonyl (C=O) groups excluding carboxylic acids is 2. The Bertz CT molecular complexity index is 393. The van der Waals surface area contributed by atoms with Crippen LogP contribution in [-0.4, -0.2) is 21.7 Å². The van der Waals surface area contributed by atoms with E-state index < -0.39 is 6.04 Å². The Morgan fingerprint density at radius 2 is 1.67 bits per heavy atom. The normalized spacial score (nSPS) is 18.0. The Kier molecular flexibility index (Phi) is 2.88. The van der Waals surface area contributed by atoms with Gasteiger partial charge in [0.05, 0.1) is 4.05 Å². The second kappa shape index (κ2) is 4.02. The molecule has 3 nitrogen and oxygen atoms in total. The molecular weight excluding hydrogens is 305 g/mol. The highest BCUT2D eigenvalue weighted by molar-refractivity contribution is 14.1. The third-order valence-electron chi connectivity index (χ3n) is 2.38. The maximum Gasteiger partial charge on any atom is 0.188 e. The van der Waals surface area contributed by atoms with Crippen molar-refractivity contribution < 1.29 is 9.59 Å². The number of hydrogen-bond donors (Lipinski definition) is 1. The van der Waals surface area contributed by atoms with E-state index in [1.165, 1.54) is 0 Å². The van der Waals surface area contributed by atoms with E-state index in [9.17, 15) is 9.59 Å². The van der Waals surface area contributed by atoms with Crippen molar-refractivity contribution in [3.05, 3.63) is 35.4 Å². The second-order valence-corrected chi connectivity index (χ2v) is 5.36. The Labute approximate surface area is 101 Å². The van der Waals surface area contributed by atoms with Crippen LogP contribution in [0.25, 0.3) is 0 Å². The van der Waals surface area contributed by atoms with Gasteiger partial charge >= 0.3 is 0 Å². The minimum atomic E-state index is -0.686. The lowest BCUT2D eigenvalue weighted by Gasteiger charge is -2.11. The molecule has 1 aliphatic carbocycles. The van der Waals surface area contributed by atoms with Crippen LogP contribution in [0.2, 0.25) is 0 Å². The predicted octanol–water partition coefficient (Wildman–Crippen LogP) is 1.80. The van der Waals surface area contributed by atoms with E-state index in [-0.39, 0.29) is 15.6 Å². The van der Waals surface area contributed by atoms with Gasteiger partial charge in [0.25, 0.3) is 0 Å². The van der Waals surface area contributed by atoms with Crippen LogP contribution >= 0.6 is 22.6 Å². The van der Waals surface area contributed by atoms with E-state index in [2.05, 4.69) is 27.9 Å². The number of nitrogens with one attached hydrogen (secondary N) is 1. The molecule has 0 radical (unpaired) electrons. The number of alkyl halides is 1. The summed E-state index contributed by atoms with van der Waals surface area (Å²) in [5.41, 5.74) is 1.08. The number of hydrogen-bond acceptors (Lipinski definition) is 3. The molecule has 1 N–H and O–H groups in total. The van der Waals surface area contributed by atoms with Gasteiger partial charge in [-0.05, 0) is 6.92 Å². The molecule has 0 aromatic heterocycles. The number of ketones is 2. The number of carbonyl (C=O) groups is 2. The fraction of sp³-hybridized carbons (Fsp3) is 0.273. The summed E-state index contributed by atoms with van der Waals surface area (Å²) in [6, 6.07) is 6.28. The fourth-order valence-corrected chi connectivity index (χ4v) is 2.08. The minimum absolute atomic E-state index is 0.0924. The summed E-state index contributed by atoms with van der Waals surface area (Å²) < 4.78 is 0.0924. The molecular formula is C11H10INO2. The van der Waals surface area contributed by atoms with Gasteiger partial charge in [0.1, 0.15) is 6.04 Å². The highest BCUT2D eigenvalue weighted by Crippen LogP contribution is 2.22. The average molecular weight is 315 g/mol. The molecule has 0 aliphatic heterocycles. The third-order valence-corrected chi connectivity index (χ3v) is 2.74. The van der Waals surface area contributed by atoms with Gasteiger partial charge in [-0.25, -0.2) is 0 Å². The molecule has 0 saturated heterocycles. The highest BCUT2D eigenvalue weighted by Gasteiger charge is 2.38. The van der Waals surface area contributed by atoms with Gasteiger partial charge in [-0.3, -0.25) is 14.9 Å². The molecule has 4 heteroatoms. The monoisotopic (exact) mass is 315 g/mol.